The van der Waals surface area contributed by atoms with Crippen molar-refractivity contribution in [2.24, 2.45) is 11.8 Å². The number of morpholine rings is 1. The average Bonchev–Trinajstić information content (AvgIpc) is 3.47. The monoisotopic (exact) mass is 519 g/mol. The van der Waals surface area contributed by atoms with Crippen LogP contribution >= 0.6 is 0 Å². The minimum atomic E-state index is -1.15. The number of amides is 2. The molecule has 6 atom stereocenters. The van der Waals surface area contributed by atoms with E-state index in [1.165, 1.54) is 11.0 Å². The predicted molar refractivity (Wildman–Crippen MR) is 135 cm³/mol. The SMILES string of the molecule is C=CCOC(=O)[C@@H]1[C@H]2C(=O)N([C@@H](CC)CO)C(C(=O)N(CC=C)CCN3CCOCC3)C23CC[C@@]1(C)O3. The normalized spacial score (nSPS) is 33.8. The maximum Gasteiger partial charge on any atom is 0.313 e. The molecule has 10 heteroatoms. The lowest BCUT2D eigenvalue weighted by molar-refractivity contribution is -0.161. The Balaban J connectivity index is 1.68. The highest BCUT2D eigenvalue weighted by atomic mass is 16.6. The fraction of sp³-hybridized carbons (Fsp3) is 0.741. The van der Waals surface area contributed by atoms with Gasteiger partial charge in [-0.25, -0.2) is 0 Å². The number of ether oxygens (including phenoxy) is 3. The average molecular weight is 520 g/mol. The van der Waals surface area contributed by atoms with Gasteiger partial charge < -0.3 is 29.1 Å². The van der Waals surface area contributed by atoms with Gasteiger partial charge in [0.15, 0.2) is 0 Å². The van der Waals surface area contributed by atoms with Gasteiger partial charge >= 0.3 is 5.97 Å². The molecule has 4 saturated heterocycles. The summed E-state index contributed by atoms with van der Waals surface area (Å²) in [6.07, 6.45) is 4.64. The molecule has 37 heavy (non-hydrogen) atoms. The summed E-state index contributed by atoms with van der Waals surface area (Å²) in [6.45, 7) is 15.3. The number of nitrogens with zero attached hydrogens (tertiary/aromatic N) is 3. The molecule has 4 fully saturated rings. The number of hydrogen-bond acceptors (Lipinski definition) is 8. The smallest absolute Gasteiger partial charge is 0.313 e. The van der Waals surface area contributed by atoms with Crippen molar-refractivity contribution < 1.29 is 33.7 Å². The fourth-order valence-electron chi connectivity index (χ4n) is 6.75. The molecule has 2 bridgehead atoms. The first-order valence-corrected chi connectivity index (χ1v) is 13.4. The Kier molecular flexibility index (Phi) is 8.42. The molecule has 0 radical (unpaired) electrons. The van der Waals surface area contributed by atoms with Gasteiger partial charge in [-0.3, -0.25) is 19.3 Å². The van der Waals surface area contributed by atoms with Gasteiger partial charge in [0.2, 0.25) is 11.8 Å². The maximum absolute atomic E-state index is 14.3. The zero-order chi connectivity index (χ0) is 26.8. The van der Waals surface area contributed by atoms with E-state index in [0.717, 1.165) is 13.1 Å². The van der Waals surface area contributed by atoms with E-state index < -0.39 is 41.1 Å². The lowest BCUT2D eigenvalue weighted by Crippen LogP contribution is -2.59. The van der Waals surface area contributed by atoms with E-state index >= 15 is 0 Å². The Morgan fingerprint density at radius 3 is 2.62 bits per heavy atom. The topological polar surface area (TPSA) is 109 Å². The van der Waals surface area contributed by atoms with E-state index in [-0.39, 0.29) is 25.0 Å². The van der Waals surface area contributed by atoms with Gasteiger partial charge in [0, 0.05) is 32.7 Å². The van der Waals surface area contributed by atoms with Gasteiger partial charge in [-0.15, -0.1) is 6.58 Å². The number of fused-ring (bicyclic) bond motifs is 1. The van der Waals surface area contributed by atoms with Crippen molar-refractivity contribution in [3.63, 3.8) is 0 Å². The second-order valence-electron chi connectivity index (χ2n) is 10.7. The molecule has 4 aliphatic heterocycles. The summed E-state index contributed by atoms with van der Waals surface area (Å²) in [6, 6.07) is -1.50. The molecule has 2 amide bonds. The first-order valence-electron chi connectivity index (χ1n) is 13.4. The molecule has 0 aromatic heterocycles. The van der Waals surface area contributed by atoms with Crippen LogP contribution in [0, 0.1) is 11.8 Å². The molecule has 0 aromatic rings. The quantitative estimate of drug-likeness (QED) is 0.295. The van der Waals surface area contributed by atoms with Gasteiger partial charge in [-0.2, -0.15) is 0 Å². The van der Waals surface area contributed by atoms with Crippen LogP contribution in [0.5, 0.6) is 0 Å². The number of rotatable bonds is 12. The van der Waals surface area contributed by atoms with Gasteiger partial charge in [-0.1, -0.05) is 25.7 Å². The van der Waals surface area contributed by atoms with E-state index in [1.807, 2.05) is 13.8 Å². The van der Waals surface area contributed by atoms with Crippen molar-refractivity contribution in [2.75, 3.05) is 59.2 Å². The number of aliphatic hydroxyl groups excluding tert-OH is 1. The summed E-state index contributed by atoms with van der Waals surface area (Å²) in [5, 5.41) is 10.2. The van der Waals surface area contributed by atoms with Crippen molar-refractivity contribution in [1.82, 2.24) is 14.7 Å². The molecular weight excluding hydrogens is 478 g/mol. The molecule has 1 N–H and O–H groups in total. The van der Waals surface area contributed by atoms with Gasteiger partial charge in [-0.05, 0) is 26.2 Å². The van der Waals surface area contributed by atoms with Crippen LogP contribution in [0.15, 0.2) is 25.3 Å². The molecule has 1 spiro atoms. The number of aliphatic hydroxyl groups is 1. The van der Waals surface area contributed by atoms with Crippen LogP contribution < -0.4 is 0 Å². The number of carbonyl (C=O) groups excluding carboxylic acids is 3. The van der Waals surface area contributed by atoms with Crippen LogP contribution in [-0.4, -0.2) is 120 Å². The fourth-order valence-corrected chi connectivity index (χ4v) is 6.75. The number of likely N-dealkylation sites (tertiary alicyclic amines) is 1. The summed E-state index contributed by atoms with van der Waals surface area (Å²) in [5.41, 5.74) is -2.05. The second kappa shape index (κ2) is 11.2. The van der Waals surface area contributed by atoms with Crippen molar-refractivity contribution in [2.45, 2.75) is 56.4 Å². The highest BCUT2D eigenvalue weighted by Gasteiger charge is 2.79. The first-order chi connectivity index (χ1) is 17.8. The lowest BCUT2D eigenvalue weighted by atomic mass is 9.66. The predicted octanol–water partition coefficient (Wildman–Crippen LogP) is 0.598. The molecule has 10 nitrogen and oxygen atoms in total. The van der Waals surface area contributed by atoms with E-state index in [1.54, 1.807) is 11.0 Å². The third-order valence-corrected chi connectivity index (χ3v) is 8.57. The summed E-state index contributed by atoms with van der Waals surface area (Å²) in [7, 11) is 0. The third kappa shape index (κ3) is 4.73. The first kappa shape index (κ1) is 27.8. The number of esters is 1. The Morgan fingerprint density at radius 2 is 2.00 bits per heavy atom. The van der Waals surface area contributed by atoms with Gasteiger partial charge in [0.25, 0.3) is 0 Å². The van der Waals surface area contributed by atoms with Crippen molar-refractivity contribution >= 4 is 17.8 Å². The van der Waals surface area contributed by atoms with Crippen LogP contribution in [0.1, 0.15) is 33.1 Å². The molecule has 4 rings (SSSR count). The van der Waals surface area contributed by atoms with Crippen molar-refractivity contribution in [1.29, 1.82) is 0 Å². The molecule has 0 saturated carbocycles. The van der Waals surface area contributed by atoms with Crippen molar-refractivity contribution in [3.8, 4) is 0 Å². The van der Waals surface area contributed by atoms with Crippen LogP contribution in [-0.2, 0) is 28.6 Å². The molecule has 2 unspecified atom stereocenters. The minimum Gasteiger partial charge on any atom is -0.461 e. The Bertz CT molecular complexity index is 902. The largest absolute Gasteiger partial charge is 0.461 e. The minimum absolute atomic E-state index is 0.0360. The standard InChI is InChI=1S/C27H41N3O7/c1-5-10-29(12-11-28-13-16-35-17-14-28)24(33)22-27-9-8-26(4,37-27)21(25(34)36-15-6-2)20(27)23(32)30(22)19(7-3)18-31/h5-6,19-22,31H,1-2,7-18H2,3-4H3/t19-,20-,21-,22?,26+,27?/m0/s1. The lowest BCUT2D eigenvalue weighted by Gasteiger charge is -2.39. The molecule has 4 heterocycles. The van der Waals surface area contributed by atoms with Crippen LogP contribution in [0.2, 0.25) is 0 Å². The molecular formula is C27H41N3O7. The van der Waals surface area contributed by atoms with E-state index in [9.17, 15) is 19.5 Å². The molecule has 206 valence electrons. The Morgan fingerprint density at radius 1 is 1.27 bits per heavy atom. The Labute approximate surface area is 219 Å². The van der Waals surface area contributed by atoms with Gasteiger partial charge in [0.05, 0.1) is 37.4 Å². The molecule has 0 aromatic carbocycles. The number of carbonyl (C=O) groups is 3. The highest BCUT2D eigenvalue weighted by Crippen LogP contribution is 2.63. The highest BCUT2D eigenvalue weighted by molar-refractivity contribution is 5.98. The summed E-state index contributed by atoms with van der Waals surface area (Å²) in [5.74, 6) is -2.74. The van der Waals surface area contributed by atoms with Crippen LogP contribution in [0.3, 0.4) is 0 Å². The number of hydrogen-bond donors (Lipinski definition) is 1. The van der Waals surface area contributed by atoms with Crippen LogP contribution in [0.4, 0.5) is 0 Å². The maximum atomic E-state index is 14.3. The summed E-state index contributed by atoms with van der Waals surface area (Å²) < 4.78 is 17.4. The Hall–Kier alpha value is -2.27. The summed E-state index contributed by atoms with van der Waals surface area (Å²) >= 11 is 0. The van der Waals surface area contributed by atoms with Gasteiger partial charge in [0.1, 0.15) is 24.2 Å². The molecule has 4 aliphatic rings. The second-order valence-corrected chi connectivity index (χ2v) is 10.7. The van der Waals surface area contributed by atoms with E-state index in [2.05, 4.69) is 18.1 Å². The summed E-state index contributed by atoms with van der Waals surface area (Å²) in [4.78, 5) is 47.1. The third-order valence-electron chi connectivity index (χ3n) is 8.57. The zero-order valence-corrected chi connectivity index (χ0v) is 22.1. The van der Waals surface area contributed by atoms with Crippen LogP contribution in [0.25, 0.3) is 0 Å². The van der Waals surface area contributed by atoms with E-state index in [4.69, 9.17) is 14.2 Å². The zero-order valence-electron chi connectivity index (χ0n) is 22.1. The molecule has 0 aliphatic carbocycles. The van der Waals surface area contributed by atoms with Crippen molar-refractivity contribution in [3.05, 3.63) is 25.3 Å². The van der Waals surface area contributed by atoms with E-state index in [0.29, 0.717) is 52.1 Å².